The fraction of sp³-hybridized carbons (Fsp3) is 0.250. The van der Waals surface area contributed by atoms with Crippen molar-refractivity contribution in [1.82, 2.24) is 4.98 Å². The molecule has 18 heavy (non-hydrogen) atoms. The smallest absolute Gasteiger partial charge is 0.100 e. The summed E-state index contributed by atoms with van der Waals surface area (Å²) in [5, 5.41) is 10.4. The molecule has 0 amide bonds. The molecule has 0 radical (unpaired) electrons. The zero-order valence-corrected chi connectivity index (χ0v) is 11.7. The van der Waals surface area contributed by atoms with Crippen LogP contribution in [-0.4, -0.2) is 16.6 Å². The Kier molecular flexibility index (Phi) is 4.59. The van der Waals surface area contributed by atoms with Gasteiger partial charge < -0.3 is 10.8 Å². The quantitative estimate of drug-likeness (QED) is 0.911. The van der Waals surface area contributed by atoms with Crippen molar-refractivity contribution >= 4 is 34.5 Å². The highest BCUT2D eigenvalue weighted by molar-refractivity contribution is 7.20. The van der Waals surface area contributed by atoms with Gasteiger partial charge in [-0.15, -0.1) is 11.3 Å². The number of aliphatic hydroxyl groups excluding tert-OH is 1. The van der Waals surface area contributed by atoms with Crippen LogP contribution in [0.4, 0.5) is 0 Å². The number of nitrogens with zero attached hydrogens (tertiary/aromatic N) is 1. The predicted molar refractivity (Wildman–Crippen MR) is 75.3 cm³/mol. The third kappa shape index (κ3) is 2.84. The van der Waals surface area contributed by atoms with Gasteiger partial charge in [-0.25, -0.2) is 0 Å². The predicted octanol–water partition coefficient (Wildman–Crippen LogP) is 3.23. The van der Waals surface area contributed by atoms with Crippen LogP contribution in [0.5, 0.6) is 0 Å². The summed E-state index contributed by atoms with van der Waals surface area (Å²) in [6, 6.07) is 5.36. The lowest BCUT2D eigenvalue weighted by molar-refractivity contribution is 0.148. The number of pyridine rings is 1. The lowest BCUT2D eigenvalue weighted by Gasteiger charge is -2.21. The normalized spacial score (nSPS) is 14.4. The molecule has 0 saturated heterocycles. The molecule has 2 atom stereocenters. The molecular weight excluding hydrogens is 291 g/mol. The van der Waals surface area contributed by atoms with E-state index < -0.39 is 6.10 Å². The highest BCUT2D eigenvalue weighted by atomic mass is 35.5. The minimum Gasteiger partial charge on any atom is -0.388 e. The monoisotopic (exact) mass is 302 g/mol. The molecule has 3 nitrogen and oxygen atoms in total. The van der Waals surface area contributed by atoms with Crippen LogP contribution in [0.25, 0.3) is 0 Å². The van der Waals surface area contributed by atoms with Gasteiger partial charge >= 0.3 is 0 Å². The van der Waals surface area contributed by atoms with Crippen LogP contribution < -0.4 is 5.73 Å². The minimum absolute atomic E-state index is 0.226. The molecule has 0 saturated carbocycles. The molecule has 2 rings (SSSR count). The summed E-state index contributed by atoms with van der Waals surface area (Å²) >= 11 is 13.2. The van der Waals surface area contributed by atoms with Gasteiger partial charge in [0, 0.05) is 30.4 Å². The van der Waals surface area contributed by atoms with Gasteiger partial charge in [0.1, 0.15) is 4.34 Å². The molecule has 3 N–H and O–H groups in total. The van der Waals surface area contributed by atoms with Crippen molar-refractivity contribution in [3.63, 3.8) is 0 Å². The first-order chi connectivity index (χ1) is 8.63. The number of aliphatic hydroxyl groups is 1. The van der Waals surface area contributed by atoms with Gasteiger partial charge in [0.05, 0.1) is 10.4 Å². The summed E-state index contributed by atoms with van der Waals surface area (Å²) < 4.78 is 1.06. The summed E-state index contributed by atoms with van der Waals surface area (Å²) in [4.78, 5) is 3.95. The van der Waals surface area contributed by atoms with Gasteiger partial charge in [0.15, 0.2) is 0 Å². The van der Waals surface area contributed by atoms with E-state index in [0.29, 0.717) is 20.8 Å². The first-order valence-electron chi connectivity index (χ1n) is 5.36. The molecule has 0 fully saturated rings. The van der Waals surface area contributed by atoms with Crippen LogP contribution in [-0.2, 0) is 0 Å². The van der Waals surface area contributed by atoms with Gasteiger partial charge in [0.2, 0.25) is 0 Å². The third-order valence-electron chi connectivity index (χ3n) is 2.77. The maximum atomic E-state index is 10.4. The summed E-state index contributed by atoms with van der Waals surface area (Å²) in [5.41, 5.74) is 7.30. The SMILES string of the molecule is NCC(c1ccncc1)C(O)c1cc(Cl)sc1Cl. The highest BCUT2D eigenvalue weighted by Crippen LogP contribution is 2.40. The zero-order valence-electron chi connectivity index (χ0n) is 9.38. The number of hydrogen-bond donors (Lipinski definition) is 2. The number of rotatable bonds is 4. The molecule has 2 heterocycles. The van der Waals surface area contributed by atoms with Crippen LogP contribution in [0.3, 0.4) is 0 Å². The molecule has 0 aliphatic carbocycles. The fourth-order valence-corrected chi connectivity index (χ4v) is 3.37. The summed E-state index contributed by atoms with van der Waals surface area (Å²) in [7, 11) is 0. The highest BCUT2D eigenvalue weighted by Gasteiger charge is 2.24. The summed E-state index contributed by atoms with van der Waals surface area (Å²) in [5.74, 6) is -0.226. The van der Waals surface area contributed by atoms with Crippen molar-refractivity contribution in [1.29, 1.82) is 0 Å². The van der Waals surface area contributed by atoms with E-state index >= 15 is 0 Å². The molecule has 2 aromatic heterocycles. The van der Waals surface area contributed by atoms with E-state index in [1.165, 1.54) is 11.3 Å². The van der Waals surface area contributed by atoms with Gasteiger partial charge in [0.25, 0.3) is 0 Å². The Bertz CT molecular complexity index is 518. The largest absolute Gasteiger partial charge is 0.388 e. The van der Waals surface area contributed by atoms with Crippen LogP contribution in [0.1, 0.15) is 23.1 Å². The van der Waals surface area contributed by atoms with Crippen LogP contribution in [0, 0.1) is 0 Å². The molecule has 0 aliphatic rings. The Morgan fingerprint density at radius 3 is 2.50 bits per heavy atom. The zero-order chi connectivity index (χ0) is 13.1. The molecular formula is C12H12Cl2N2OS. The molecule has 6 heteroatoms. The Morgan fingerprint density at radius 1 is 1.33 bits per heavy atom. The van der Waals surface area contributed by atoms with E-state index in [4.69, 9.17) is 28.9 Å². The average molecular weight is 303 g/mol. The second kappa shape index (κ2) is 5.99. The van der Waals surface area contributed by atoms with Gasteiger partial charge in [-0.05, 0) is 23.8 Å². The maximum Gasteiger partial charge on any atom is 0.100 e. The fourth-order valence-electron chi connectivity index (χ4n) is 1.83. The van der Waals surface area contributed by atoms with Crippen molar-refractivity contribution < 1.29 is 5.11 Å². The van der Waals surface area contributed by atoms with Crippen molar-refractivity contribution in [3.05, 3.63) is 50.4 Å². The standard InChI is InChI=1S/C12H12Cl2N2OS/c13-10-5-8(12(14)18-10)11(17)9(6-15)7-1-3-16-4-2-7/h1-5,9,11,17H,6,15H2. The Morgan fingerprint density at radius 2 is 2.00 bits per heavy atom. The molecule has 2 aromatic rings. The first-order valence-corrected chi connectivity index (χ1v) is 6.93. The van der Waals surface area contributed by atoms with E-state index in [1.807, 2.05) is 12.1 Å². The number of nitrogens with two attached hydrogens (primary N) is 1. The Labute approximate surface area is 119 Å². The van der Waals surface area contributed by atoms with Crippen molar-refractivity contribution in [2.24, 2.45) is 5.73 Å². The van der Waals surface area contributed by atoms with Crippen LogP contribution >= 0.6 is 34.5 Å². The Hall–Kier alpha value is -0.650. The third-order valence-corrected chi connectivity index (χ3v) is 4.29. The number of hydrogen-bond acceptors (Lipinski definition) is 4. The molecule has 2 unspecified atom stereocenters. The van der Waals surface area contributed by atoms with E-state index in [1.54, 1.807) is 18.5 Å². The van der Waals surface area contributed by atoms with Crippen molar-refractivity contribution in [2.45, 2.75) is 12.0 Å². The summed E-state index contributed by atoms with van der Waals surface area (Å²) in [6.45, 7) is 0.314. The van der Waals surface area contributed by atoms with Crippen molar-refractivity contribution in [2.75, 3.05) is 6.54 Å². The van der Waals surface area contributed by atoms with E-state index in [0.717, 1.165) is 5.56 Å². The van der Waals surface area contributed by atoms with Gasteiger partial charge in [-0.1, -0.05) is 23.2 Å². The second-order valence-electron chi connectivity index (χ2n) is 3.85. The van der Waals surface area contributed by atoms with Gasteiger partial charge in [-0.3, -0.25) is 4.98 Å². The van der Waals surface area contributed by atoms with Crippen LogP contribution in [0.15, 0.2) is 30.6 Å². The Balaban J connectivity index is 2.31. The minimum atomic E-state index is -0.770. The van der Waals surface area contributed by atoms with E-state index in [-0.39, 0.29) is 5.92 Å². The average Bonchev–Trinajstić information content (AvgIpc) is 2.70. The lowest BCUT2D eigenvalue weighted by atomic mass is 9.91. The number of aromatic nitrogens is 1. The molecule has 0 bridgehead atoms. The second-order valence-corrected chi connectivity index (χ2v) is 6.13. The molecule has 0 spiro atoms. The van der Waals surface area contributed by atoms with Crippen molar-refractivity contribution in [3.8, 4) is 0 Å². The molecule has 96 valence electrons. The lowest BCUT2D eigenvalue weighted by Crippen LogP contribution is -2.20. The number of thiophene rings is 1. The maximum absolute atomic E-state index is 10.4. The van der Waals surface area contributed by atoms with E-state index in [9.17, 15) is 5.11 Å². The number of halogens is 2. The molecule has 0 aromatic carbocycles. The van der Waals surface area contributed by atoms with E-state index in [2.05, 4.69) is 4.98 Å². The first kappa shape index (κ1) is 13.8. The molecule has 0 aliphatic heterocycles. The summed E-state index contributed by atoms with van der Waals surface area (Å²) in [6.07, 6.45) is 2.58. The topological polar surface area (TPSA) is 59.1 Å². The van der Waals surface area contributed by atoms with Gasteiger partial charge in [-0.2, -0.15) is 0 Å². The van der Waals surface area contributed by atoms with Crippen LogP contribution in [0.2, 0.25) is 8.67 Å².